The first kappa shape index (κ1) is 36.9. The van der Waals surface area contributed by atoms with Crippen molar-refractivity contribution in [1.82, 2.24) is 15.0 Å². The van der Waals surface area contributed by atoms with Gasteiger partial charge in [-0.3, -0.25) is 0 Å². The number of fused-ring (bicyclic) bond motifs is 3. The molecule has 1 fully saturated rings. The fraction of sp³-hybridized carbons (Fsp3) is 0.278. The van der Waals surface area contributed by atoms with E-state index < -0.39 is 0 Å². The second-order valence-electron chi connectivity index (χ2n) is 16.8. The summed E-state index contributed by atoms with van der Waals surface area (Å²) in [5.74, 6) is 2.60. The maximum Gasteiger partial charge on any atom is 0.164 e. The van der Waals surface area contributed by atoms with Gasteiger partial charge in [-0.25, -0.2) is 15.0 Å². The Morgan fingerprint density at radius 2 is 0.842 bits per heavy atom. The first-order chi connectivity index (χ1) is 28.0. The van der Waals surface area contributed by atoms with Gasteiger partial charge in [0.25, 0.3) is 0 Å². The molecule has 0 aliphatic heterocycles. The molecule has 3 heteroatoms. The number of hydrogen-bond acceptors (Lipinski definition) is 3. The van der Waals surface area contributed by atoms with Crippen LogP contribution in [0.15, 0.2) is 146 Å². The lowest BCUT2D eigenvalue weighted by atomic mass is 9.82. The predicted molar refractivity (Wildman–Crippen MR) is 238 cm³/mol. The normalized spacial score (nSPS) is 15.9. The Hall–Kier alpha value is -5.67. The highest BCUT2D eigenvalue weighted by Gasteiger charge is 2.36. The van der Waals surface area contributed by atoms with Crippen molar-refractivity contribution in [2.24, 2.45) is 0 Å². The maximum atomic E-state index is 5.22. The second-order valence-corrected chi connectivity index (χ2v) is 16.8. The van der Waals surface area contributed by atoms with Crippen LogP contribution in [-0.4, -0.2) is 15.0 Å². The molecule has 3 nitrogen and oxygen atoms in total. The fourth-order valence-electron chi connectivity index (χ4n) is 9.48. The van der Waals surface area contributed by atoms with Crippen LogP contribution in [0.1, 0.15) is 107 Å². The molecule has 1 saturated carbocycles. The highest BCUT2D eigenvalue weighted by Crippen LogP contribution is 2.52. The van der Waals surface area contributed by atoms with Crippen LogP contribution in [0.25, 0.3) is 67.5 Å². The molecule has 57 heavy (non-hydrogen) atoms. The summed E-state index contributed by atoms with van der Waals surface area (Å²) in [5.41, 5.74) is 14.9. The molecular formula is C54H53N3. The lowest BCUT2D eigenvalue weighted by molar-refractivity contribution is 0.467. The van der Waals surface area contributed by atoms with Gasteiger partial charge < -0.3 is 0 Å². The number of hydrogen-bond donors (Lipinski definition) is 0. The van der Waals surface area contributed by atoms with Gasteiger partial charge in [0.15, 0.2) is 17.5 Å². The number of aromatic nitrogens is 3. The van der Waals surface area contributed by atoms with E-state index in [1.807, 2.05) is 12.1 Å². The summed E-state index contributed by atoms with van der Waals surface area (Å²) in [5, 5.41) is 0. The molecule has 0 radical (unpaired) electrons. The number of nitrogens with zero attached hydrogens (tertiary/aromatic N) is 3. The monoisotopic (exact) mass is 743 g/mol. The molecule has 1 heterocycles. The van der Waals surface area contributed by atoms with Crippen LogP contribution in [0.2, 0.25) is 0 Å². The van der Waals surface area contributed by atoms with Crippen LogP contribution in [0, 0.1) is 0 Å². The van der Waals surface area contributed by atoms with Crippen molar-refractivity contribution in [3.63, 3.8) is 0 Å². The second kappa shape index (κ2) is 16.4. The molecular weight excluding hydrogens is 691 g/mol. The Balaban J connectivity index is 1.19. The molecule has 0 unspecified atom stereocenters. The van der Waals surface area contributed by atoms with Crippen LogP contribution in [0.3, 0.4) is 0 Å². The van der Waals surface area contributed by atoms with Crippen LogP contribution in [0.5, 0.6) is 0 Å². The largest absolute Gasteiger partial charge is 0.208 e. The van der Waals surface area contributed by atoms with E-state index in [1.54, 1.807) is 0 Å². The molecule has 0 amide bonds. The van der Waals surface area contributed by atoms with E-state index in [0.717, 1.165) is 22.5 Å². The zero-order valence-electron chi connectivity index (χ0n) is 33.6. The third kappa shape index (κ3) is 7.73. The lowest BCUT2D eigenvalue weighted by Gasteiger charge is -2.22. The Labute approximate surface area is 339 Å². The van der Waals surface area contributed by atoms with E-state index in [-0.39, 0.29) is 5.41 Å². The van der Waals surface area contributed by atoms with E-state index in [1.165, 1.54) is 121 Å². The lowest BCUT2D eigenvalue weighted by Crippen LogP contribution is -2.14. The van der Waals surface area contributed by atoms with Gasteiger partial charge in [-0.05, 0) is 87.0 Å². The van der Waals surface area contributed by atoms with E-state index >= 15 is 0 Å². The van der Waals surface area contributed by atoms with Gasteiger partial charge in [0.1, 0.15) is 0 Å². The summed E-state index contributed by atoms with van der Waals surface area (Å²) < 4.78 is 0. The van der Waals surface area contributed by atoms with Crippen molar-refractivity contribution >= 4 is 0 Å². The third-order valence-electron chi connectivity index (χ3n) is 12.6. The summed E-state index contributed by atoms with van der Waals surface area (Å²) in [6.45, 7) is 4.72. The van der Waals surface area contributed by atoms with E-state index in [9.17, 15) is 0 Å². The molecule has 6 aromatic carbocycles. The van der Waals surface area contributed by atoms with Gasteiger partial charge in [0.2, 0.25) is 0 Å². The highest BCUT2D eigenvalue weighted by molar-refractivity contribution is 5.93. The molecule has 0 bridgehead atoms. The molecule has 2 aliphatic rings. The topological polar surface area (TPSA) is 38.7 Å². The third-order valence-corrected chi connectivity index (χ3v) is 12.6. The first-order valence-electron chi connectivity index (χ1n) is 21.4. The highest BCUT2D eigenvalue weighted by atomic mass is 15.0. The Morgan fingerprint density at radius 3 is 1.49 bits per heavy atom. The predicted octanol–water partition coefficient (Wildman–Crippen LogP) is 14.9. The quantitative estimate of drug-likeness (QED) is 0.170. The first-order valence-corrected chi connectivity index (χ1v) is 21.4. The van der Waals surface area contributed by atoms with Gasteiger partial charge >= 0.3 is 0 Å². The molecule has 284 valence electrons. The number of benzene rings is 6. The molecule has 2 aliphatic carbocycles. The van der Waals surface area contributed by atoms with E-state index in [0.29, 0.717) is 17.6 Å². The van der Waals surface area contributed by atoms with E-state index in [4.69, 9.17) is 15.0 Å². The molecule has 7 aromatic rings. The van der Waals surface area contributed by atoms with Crippen LogP contribution in [-0.2, 0) is 5.41 Å². The van der Waals surface area contributed by atoms with Gasteiger partial charge in [0.05, 0.1) is 0 Å². The molecule has 0 spiro atoms. The average Bonchev–Trinajstić information content (AvgIpc) is 3.50. The van der Waals surface area contributed by atoms with Gasteiger partial charge in [0, 0.05) is 22.1 Å². The van der Waals surface area contributed by atoms with Crippen molar-refractivity contribution in [2.75, 3.05) is 0 Å². The standard InChI is InChI=1S/C54H53N3/c1-54(2)48-32-19-18-30-47(48)50-46(31-21-33-49(50)54)42-29-20-28-41(34-42)44-35-43(38-22-12-8-6-4-3-5-7-9-13-23-38)36-45(37-44)53-56-51(39-24-14-10-15-25-39)55-52(57-53)40-26-16-11-17-27-40/h10-11,14-21,24-38H,3-9,12-13,22-23H2,1-2H3. The summed E-state index contributed by atoms with van der Waals surface area (Å²) in [4.78, 5) is 15.5. The molecule has 0 N–H and O–H groups in total. The van der Waals surface area contributed by atoms with Crippen molar-refractivity contribution < 1.29 is 0 Å². The summed E-state index contributed by atoms with van der Waals surface area (Å²) in [6, 6.07) is 52.9. The SMILES string of the molecule is CC1(C)c2ccccc2-c2c(-c3cccc(-c4cc(-c5nc(-c6ccccc6)nc(-c6ccccc6)n5)cc(C5CCCCCCCCCCC5)c4)c3)cccc21. The van der Waals surface area contributed by atoms with E-state index in [2.05, 4.69) is 147 Å². The van der Waals surface area contributed by atoms with Crippen LogP contribution < -0.4 is 0 Å². The molecule has 1 aromatic heterocycles. The minimum atomic E-state index is -0.0435. The Morgan fingerprint density at radius 1 is 0.386 bits per heavy atom. The van der Waals surface area contributed by atoms with Gasteiger partial charge in [-0.15, -0.1) is 0 Å². The molecule has 9 rings (SSSR count). The van der Waals surface area contributed by atoms with Gasteiger partial charge in [-0.1, -0.05) is 199 Å². The van der Waals surface area contributed by atoms with Gasteiger partial charge in [-0.2, -0.15) is 0 Å². The molecule has 0 saturated heterocycles. The number of rotatable bonds is 6. The van der Waals surface area contributed by atoms with Crippen molar-refractivity contribution in [3.8, 4) is 67.5 Å². The zero-order chi connectivity index (χ0) is 38.6. The Kier molecular flexibility index (Phi) is 10.6. The molecule has 0 atom stereocenters. The summed E-state index contributed by atoms with van der Waals surface area (Å²) >= 11 is 0. The average molecular weight is 744 g/mol. The minimum absolute atomic E-state index is 0.0435. The van der Waals surface area contributed by atoms with Crippen molar-refractivity contribution in [3.05, 3.63) is 162 Å². The fourth-order valence-corrected chi connectivity index (χ4v) is 9.48. The zero-order valence-corrected chi connectivity index (χ0v) is 33.6. The van der Waals surface area contributed by atoms with Crippen LogP contribution >= 0.6 is 0 Å². The summed E-state index contributed by atoms with van der Waals surface area (Å²) in [6.07, 6.45) is 14.5. The minimum Gasteiger partial charge on any atom is -0.208 e. The maximum absolute atomic E-state index is 5.22. The smallest absolute Gasteiger partial charge is 0.164 e. The summed E-state index contributed by atoms with van der Waals surface area (Å²) in [7, 11) is 0. The van der Waals surface area contributed by atoms with Crippen molar-refractivity contribution in [2.45, 2.75) is 95.8 Å². The van der Waals surface area contributed by atoms with Crippen molar-refractivity contribution in [1.29, 1.82) is 0 Å². The Bertz CT molecular complexity index is 2410. The van der Waals surface area contributed by atoms with Crippen LogP contribution in [0.4, 0.5) is 0 Å².